The number of amides is 1. The van der Waals surface area contributed by atoms with E-state index in [4.69, 9.17) is 0 Å². The second-order valence-corrected chi connectivity index (χ2v) is 7.19. The van der Waals surface area contributed by atoms with Gasteiger partial charge in [0.15, 0.2) is 0 Å². The molecular weight excluding hydrogens is 366 g/mol. The van der Waals surface area contributed by atoms with E-state index < -0.39 is 15.9 Å². The van der Waals surface area contributed by atoms with E-state index in [0.29, 0.717) is 5.56 Å². The van der Waals surface area contributed by atoms with Gasteiger partial charge in [-0.3, -0.25) is 4.79 Å². The van der Waals surface area contributed by atoms with Crippen LogP contribution in [0, 0.1) is 6.92 Å². The topological polar surface area (TPSA) is 63.2 Å². The molecule has 0 spiro atoms. The number of halogens is 1. The number of benzene rings is 2. The highest BCUT2D eigenvalue weighted by Crippen LogP contribution is 2.14. The summed E-state index contributed by atoms with van der Waals surface area (Å²) in [5, 5.41) is 0. The molecule has 0 saturated heterocycles. The van der Waals surface area contributed by atoms with Crippen molar-refractivity contribution in [3.8, 4) is 0 Å². The van der Waals surface area contributed by atoms with E-state index in [1.165, 1.54) is 12.1 Å². The molecule has 0 aromatic heterocycles. The Morgan fingerprint density at radius 3 is 2.36 bits per heavy atom. The van der Waals surface area contributed by atoms with Crippen LogP contribution in [0.3, 0.4) is 0 Å². The van der Waals surface area contributed by atoms with Crippen LogP contribution in [0.4, 0.5) is 0 Å². The van der Waals surface area contributed by atoms with Gasteiger partial charge in [0.25, 0.3) is 15.9 Å². The molecule has 2 aromatic carbocycles. The third-order valence-corrected chi connectivity index (χ3v) is 4.95. The fraction of sp³-hybridized carbons (Fsp3) is 0.0625. The van der Waals surface area contributed by atoms with Gasteiger partial charge in [-0.1, -0.05) is 46.3 Å². The molecule has 0 saturated carbocycles. The standard InChI is InChI=1S/C16H14BrNO3S/c1-12-4-2-3-5-15(12)22(20,21)18-16(19)11-8-13-6-9-14(17)10-7-13/h2-11H,1H3,(H,18,19). The Bertz CT molecular complexity index is 812. The molecule has 0 aliphatic carbocycles. The predicted octanol–water partition coefficient (Wildman–Crippen LogP) is 3.28. The highest BCUT2D eigenvalue weighted by molar-refractivity contribution is 9.10. The number of hydrogen-bond acceptors (Lipinski definition) is 3. The molecule has 0 unspecified atom stereocenters. The van der Waals surface area contributed by atoms with Crippen LogP contribution in [0.5, 0.6) is 0 Å². The normalized spacial score (nSPS) is 11.5. The third kappa shape index (κ3) is 4.29. The first kappa shape index (κ1) is 16.5. The van der Waals surface area contributed by atoms with Gasteiger partial charge in [-0.15, -0.1) is 0 Å². The van der Waals surface area contributed by atoms with Gasteiger partial charge < -0.3 is 0 Å². The molecule has 0 heterocycles. The van der Waals surface area contributed by atoms with Crippen LogP contribution in [0.15, 0.2) is 64.0 Å². The molecular formula is C16H14BrNO3S. The summed E-state index contributed by atoms with van der Waals surface area (Å²) in [6.45, 7) is 1.68. The first-order valence-electron chi connectivity index (χ1n) is 6.44. The highest BCUT2D eigenvalue weighted by atomic mass is 79.9. The molecule has 0 fully saturated rings. The smallest absolute Gasteiger partial charge is 0.264 e. The van der Waals surface area contributed by atoms with E-state index in [-0.39, 0.29) is 4.90 Å². The quantitative estimate of drug-likeness (QED) is 0.829. The van der Waals surface area contributed by atoms with Crippen LogP contribution < -0.4 is 4.72 Å². The van der Waals surface area contributed by atoms with Crippen LogP contribution in [0.25, 0.3) is 6.08 Å². The van der Waals surface area contributed by atoms with Crippen LogP contribution >= 0.6 is 15.9 Å². The molecule has 0 aliphatic rings. The maximum Gasteiger partial charge on any atom is 0.264 e. The van der Waals surface area contributed by atoms with Crippen molar-refractivity contribution in [1.82, 2.24) is 4.72 Å². The van der Waals surface area contributed by atoms with Gasteiger partial charge in [0, 0.05) is 10.5 Å². The van der Waals surface area contributed by atoms with E-state index >= 15 is 0 Å². The number of aryl methyl sites for hydroxylation is 1. The average molecular weight is 380 g/mol. The van der Waals surface area contributed by atoms with Gasteiger partial charge in [0.2, 0.25) is 0 Å². The minimum atomic E-state index is -3.86. The maximum atomic E-state index is 12.1. The van der Waals surface area contributed by atoms with Crippen molar-refractivity contribution >= 4 is 37.9 Å². The number of hydrogen-bond donors (Lipinski definition) is 1. The first-order chi connectivity index (χ1) is 10.4. The molecule has 0 aliphatic heterocycles. The summed E-state index contributed by atoms with van der Waals surface area (Å²) >= 11 is 3.32. The predicted molar refractivity (Wildman–Crippen MR) is 89.7 cm³/mol. The maximum absolute atomic E-state index is 12.1. The largest absolute Gasteiger partial charge is 0.269 e. The number of nitrogens with one attached hydrogen (secondary N) is 1. The lowest BCUT2D eigenvalue weighted by molar-refractivity contribution is -0.114. The minimum absolute atomic E-state index is 0.0976. The second-order valence-electron chi connectivity index (χ2n) is 4.62. The second kappa shape index (κ2) is 6.89. The zero-order chi connectivity index (χ0) is 16.2. The molecule has 2 aromatic rings. The Kier molecular flexibility index (Phi) is 5.15. The van der Waals surface area contributed by atoms with E-state index in [9.17, 15) is 13.2 Å². The lowest BCUT2D eigenvalue weighted by Gasteiger charge is -2.07. The molecule has 1 N–H and O–H groups in total. The molecule has 6 heteroatoms. The van der Waals surface area contributed by atoms with Crippen LogP contribution in [0.2, 0.25) is 0 Å². The Balaban J connectivity index is 2.11. The van der Waals surface area contributed by atoms with Crippen molar-refractivity contribution in [3.05, 3.63) is 70.2 Å². The molecule has 22 heavy (non-hydrogen) atoms. The first-order valence-corrected chi connectivity index (χ1v) is 8.72. The zero-order valence-electron chi connectivity index (χ0n) is 11.8. The number of carbonyl (C=O) groups is 1. The summed E-state index contributed by atoms with van der Waals surface area (Å²) in [5.74, 6) is -0.689. The lowest BCUT2D eigenvalue weighted by atomic mass is 10.2. The van der Waals surface area contributed by atoms with E-state index in [1.54, 1.807) is 31.2 Å². The Hall–Kier alpha value is -1.92. The van der Waals surface area contributed by atoms with Crippen molar-refractivity contribution in [1.29, 1.82) is 0 Å². The summed E-state index contributed by atoms with van der Waals surface area (Å²) in [7, 11) is -3.86. The lowest BCUT2D eigenvalue weighted by Crippen LogP contribution is -2.29. The monoisotopic (exact) mass is 379 g/mol. The number of sulfonamides is 1. The fourth-order valence-electron chi connectivity index (χ4n) is 1.83. The van der Waals surface area contributed by atoms with Crippen LogP contribution in [-0.4, -0.2) is 14.3 Å². The van der Waals surface area contributed by atoms with Crippen molar-refractivity contribution in [2.45, 2.75) is 11.8 Å². The van der Waals surface area contributed by atoms with Crippen molar-refractivity contribution in [2.24, 2.45) is 0 Å². The van der Waals surface area contributed by atoms with Crippen molar-refractivity contribution < 1.29 is 13.2 Å². The van der Waals surface area contributed by atoms with E-state index in [1.807, 2.05) is 29.0 Å². The molecule has 0 radical (unpaired) electrons. The summed E-state index contributed by atoms with van der Waals surface area (Å²) in [5.41, 5.74) is 1.38. The Morgan fingerprint density at radius 1 is 1.09 bits per heavy atom. The summed E-state index contributed by atoms with van der Waals surface area (Å²) in [6.07, 6.45) is 2.74. The fourth-order valence-corrected chi connectivity index (χ4v) is 3.28. The Morgan fingerprint density at radius 2 is 1.73 bits per heavy atom. The van der Waals surface area contributed by atoms with Gasteiger partial charge >= 0.3 is 0 Å². The van der Waals surface area contributed by atoms with Crippen LogP contribution in [-0.2, 0) is 14.8 Å². The van der Waals surface area contributed by atoms with Gasteiger partial charge in [-0.05, 0) is 42.3 Å². The van der Waals surface area contributed by atoms with Gasteiger partial charge in [-0.2, -0.15) is 0 Å². The molecule has 114 valence electrons. The van der Waals surface area contributed by atoms with Crippen molar-refractivity contribution in [3.63, 3.8) is 0 Å². The molecule has 2 rings (SSSR count). The van der Waals surface area contributed by atoms with Crippen LogP contribution in [0.1, 0.15) is 11.1 Å². The average Bonchev–Trinajstić information content (AvgIpc) is 2.46. The minimum Gasteiger partial charge on any atom is -0.269 e. The van der Waals surface area contributed by atoms with E-state index in [0.717, 1.165) is 10.0 Å². The summed E-state index contributed by atoms with van der Waals surface area (Å²) in [6, 6.07) is 13.8. The number of carbonyl (C=O) groups excluding carboxylic acids is 1. The van der Waals surface area contributed by atoms with E-state index in [2.05, 4.69) is 15.9 Å². The van der Waals surface area contributed by atoms with Gasteiger partial charge in [0.1, 0.15) is 0 Å². The summed E-state index contributed by atoms with van der Waals surface area (Å²) < 4.78 is 27.3. The third-order valence-electron chi connectivity index (χ3n) is 2.92. The zero-order valence-corrected chi connectivity index (χ0v) is 14.2. The van der Waals surface area contributed by atoms with Gasteiger partial charge in [-0.25, -0.2) is 13.1 Å². The SMILES string of the molecule is Cc1ccccc1S(=O)(=O)NC(=O)C=Cc1ccc(Br)cc1. The molecule has 0 atom stereocenters. The molecule has 1 amide bonds. The Labute approximate surface area is 138 Å². The number of rotatable bonds is 4. The summed E-state index contributed by atoms with van der Waals surface area (Å²) in [4.78, 5) is 11.9. The molecule has 4 nitrogen and oxygen atoms in total. The van der Waals surface area contributed by atoms with Crippen molar-refractivity contribution in [2.75, 3.05) is 0 Å². The molecule has 0 bridgehead atoms. The van der Waals surface area contributed by atoms with Gasteiger partial charge in [0.05, 0.1) is 4.90 Å². The highest BCUT2D eigenvalue weighted by Gasteiger charge is 2.17.